The summed E-state index contributed by atoms with van der Waals surface area (Å²) in [5.41, 5.74) is 1.01. The molecule has 0 unspecified atom stereocenters. The molecule has 1 amide bonds. The zero-order valence-corrected chi connectivity index (χ0v) is 15.5. The number of amides is 1. The third-order valence-electron chi connectivity index (χ3n) is 4.94. The number of hydrogen-bond acceptors (Lipinski definition) is 5. The molecule has 0 bridgehead atoms. The van der Waals surface area contributed by atoms with Crippen LogP contribution in [0.3, 0.4) is 0 Å². The number of aromatic nitrogens is 1. The van der Waals surface area contributed by atoms with Crippen molar-refractivity contribution < 1.29 is 13.9 Å². The summed E-state index contributed by atoms with van der Waals surface area (Å²) < 4.78 is 10.5. The summed E-state index contributed by atoms with van der Waals surface area (Å²) in [6.45, 7) is 0.769. The summed E-state index contributed by atoms with van der Waals surface area (Å²) in [5, 5.41) is 2.93. The second-order valence-corrected chi connectivity index (χ2v) is 6.77. The van der Waals surface area contributed by atoms with E-state index in [0.717, 1.165) is 11.4 Å². The minimum absolute atomic E-state index is 0.234. The SMILES string of the molecule is COCc1ccc(C(=O)NCc2cccnc2N(C)C2CCCCC2)o1. The van der Waals surface area contributed by atoms with Gasteiger partial charge >= 0.3 is 0 Å². The molecule has 0 aliphatic heterocycles. The maximum absolute atomic E-state index is 12.3. The number of carbonyl (C=O) groups is 1. The van der Waals surface area contributed by atoms with Crippen LogP contribution in [0.5, 0.6) is 0 Å². The molecule has 0 spiro atoms. The molecular weight excluding hydrogens is 330 g/mol. The number of nitrogens with one attached hydrogen (secondary N) is 1. The van der Waals surface area contributed by atoms with Gasteiger partial charge < -0.3 is 19.4 Å². The van der Waals surface area contributed by atoms with E-state index in [1.54, 1.807) is 19.2 Å². The van der Waals surface area contributed by atoms with Crippen LogP contribution in [0, 0.1) is 0 Å². The first-order valence-electron chi connectivity index (χ1n) is 9.21. The Morgan fingerprint density at radius 3 is 2.88 bits per heavy atom. The van der Waals surface area contributed by atoms with Crippen LogP contribution in [0.25, 0.3) is 0 Å². The number of ether oxygens (including phenoxy) is 1. The van der Waals surface area contributed by atoms with Crippen molar-refractivity contribution in [2.45, 2.75) is 51.3 Å². The summed E-state index contributed by atoms with van der Waals surface area (Å²) in [6.07, 6.45) is 8.08. The molecule has 1 saturated carbocycles. The van der Waals surface area contributed by atoms with Gasteiger partial charge in [0.15, 0.2) is 5.76 Å². The molecule has 2 aromatic heterocycles. The molecule has 0 radical (unpaired) electrons. The Morgan fingerprint density at radius 1 is 1.31 bits per heavy atom. The lowest BCUT2D eigenvalue weighted by atomic mass is 9.94. The van der Waals surface area contributed by atoms with Gasteiger partial charge in [-0.05, 0) is 31.0 Å². The fourth-order valence-corrected chi connectivity index (χ4v) is 3.51. The zero-order valence-electron chi connectivity index (χ0n) is 15.5. The number of rotatable bonds is 7. The largest absolute Gasteiger partial charge is 0.453 e. The molecule has 2 aromatic rings. The van der Waals surface area contributed by atoms with Crippen molar-refractivity contribution in [3.63, 3.8) is 0 Å². The Morgan fingerprint density at radius 2 is 2.12 bits per heavy atom. The zero-order chi connectivity index (χ0) is 18.4. The number of nitrogens with zero attached hydrogens (tertiary/aromatic N) is 2. The first-order valence-corrected chi connectivity index (χ1v) is 9.21. The molecule has 6 nitrogen and oxygen atoms in total. The van der Waals surface area contributed by atoms with Crippen molar-refractivity contribution in [3.05, 3.63) is 47.5 Å². The van der Waals surface area contributed by atoms with Gasteiger partial charge in [-0.2, -0.15) is 0 Å². The predicted molar refractivity (Wildman–Crippen MR) is 100 cm³/mol. The second-order valence-electron chi connectivity index (χ2n) is 6.77. The molecule has 1 fully saturated rings. The normalized spacial score (nSPS) is 15.0. The van der Waals surface area contributed by atoms with Gasteiger partial charge in [0, 0.05) is 38.5 Å². The van der Waals surface area contributed by atoms with Crippen LogP contribution >= 0.6 is 0 Å². The van der Waals surface area contributed by atoms with Gasteiger partial charge in [-0.1, -0.05) is 25.3 Å². The molecule has 1 aliphatic carbocycles. The van der Waals surface area contributed by atoms with Crippen molar-refractivity contribution in [1.82, 2.24) is 10.3 Å². The highest BCUT2D eigenvalue weighted by atomic mass is 16.5. The van der Waals surface area contributed by atoms with Gasteiger partial charge in [-0.15, -0.1) is 0 Å². The predicted octanol–water partition coefficient (Wildman–Crippen LogP) is 3.52. The van der Waals surface area contributed by atoms with Crippen molar-refractivity contribution >= 4 is 11.7 Å². The lowest BCUT2D eigenvalue weighted by Crippen LogP contribution is -2.35. The number of anilines is 1. The van der Waals surface area contributed by atoms with Crippen molar-refractivity contribution in [2.75, 3.05) is 19.1 Å². The standard InChI is InChI=1S/C20H27N3O3/c1-23(16-8-4-3-5-9-16)19-15(7-6-12-21-19)13-22-20(24)18-11-10-17(26-18)14-25-2/h6-7,10-12,16H,3-5,8-9,13-14H2,1-2H3,(H,22,24). The average molecular weight is 357 g/mol. The molecule has 0 atom stereocenters. The molecule has 3 rings (SSSR count). The van der Waals surface area contributed by atoms with E-state index in [2.05, 4.69) is 22.2 Å². The van der Waals surface area contributed by atoms with E-state index in [0.29, 0.717) is 30.7 Å². The molecule has 6 heteroatoms. The molecule has 0 aromatic carbocycles. The highest BCUT2D eigenvalue weighted by Gasteiger charge is 2.21. The van der Waals surface area contributed by atoms with Crippen LogP contribution in [0.1, 0.15) is 54.0 Å². The lowest BCUT2D eigenvalue weighted by Gasteiger charge is -2.33. The molecule has 26 heavy (non-hydrogen) atoms. The van der Waals surface area contributed by atoms with E-state index < -0.39 is 0 Å². The minimum Gasteiger partial charge on any atom is -0.453 e. The fraction of sp³-hybridized carbons (Fsp3) is 0.500. The quantitative estimate of drug-likeness (QED) is 0.821. The minimum atomic E-state index is -0.234. The van der Waals surface area contributed by atoms with Gasteiger partial charge in [-0.3, -0.25) is 4.79 Å². The average Bonchev–Trinajstić information content (AvgIpc) is 3.15. The van der Waals surface area contributed by atoms with E-state index in [4.69, 9.17) is 9.15 Å². The van der Waals surface area contributed by atoms with Crippen molar-refractivity contribution in [2.24, 2.45) is 0 Å². The molecule has 140 valence electrons. The Labute approximate surface area is 154 Å². The summed E-state index contributed by atoms with van der Waals surface area (Å²) in [6, 6.07) is 7.87. The fourth-order valence-electron chi connectivity index (χ4n) is 3.51. The first-order chi connectivity index (χ1) is 12.7. The van der Waals surface area contributed by atoms with Crippen LogP contribution in [0.15, 0.2) is 34.9 Å². The monoisotopic (exact) mass is 357 g/mol. The maximum Gasteiger partial charge on any atom is 0.287 e. The Bertz CT molecular complexity index is 723. The third-order valence-corrected chi connectivity index (χ3v) is 4.94. The second kappa shape index (κ2) is 8.85. The Hall–Kier alpha value is -2.34. The highest BCUT2D eigenvalue weighted by Crippen LogP contribution is 2.27. The van der Waals surface area contributed by atoms with Crippen LogP contribution in [0.4, 0.5) is 5.82 Å². The van der Waals surface area contributed by atoms with Gasteiger partial charge in [0.05, 0.1) is 0 Å². The van der Waals surface area contributed by atoms with Crippen molar-refractivity contribution in [1.29, 1.82) is 0 Å². The van der Waals surface area contributed by atoms with Crippen molar-refractivity contribution in [3.8, 4) is 0 Å². The van der Waals surface area contributed by atoms with Gasteiger partial charge in [-0.25, -0.2) is 4.98 Å². The Kier molecular flexibility index (Phi) is 6.28. The summed E-state index contributed by atoms with van der Waals surface area (Å²) in [4.78, 5) is 19.2. The van der Waals surface area contributed by atoms with Crippen LogP contribution in [-0.2, 0) is 17.9 Å². The van der Waals surface area contributed by atoms with Gasteiger partial charge in [0.1, 0.15) is 18.2 Å². The summed E-state index contributed by atoms with van der Waals surface area (Å²) in [5.74, 6) is 1.64. The van der Waals surface area contributed by atoms with Crippen LogP contribution in [-0.4, -0.2) is 31.1 Å². The number of methoxy groups -OCH3 is 1. The molecule has 1 aliphatic rings. The first kappa shape index (κ1) is 18.5. The number of hydrogen-bond donors (Lipinski definition) is 1. The van der Waals surface area contributed by atoms with Crippen LogP contribution in [0.2, 0.25) is 0 Å². The molecule has 2 heterocycles. The smallest absolute Gasteiger partial charge is 0.287 e. The van der Waals surface area contributed by atoms with Gasteiger partial charge in [0.25, 0.3) is 5.91 Å². The lowest BCUT2D eigenvalue weighted by molar-refractivity contribution is 0.0914. The van der Waals surface area contributed by atoms with E-state index in [1.807, 2.05) is 18.3 Å². The van der Waals surface area contributed by atoms with Gasteiger partial charge in [0.2, 0.25) is 0 Å². The Balaban J connectivity index is 1.65. The topological polar surface area (TPSA) is 67.6 Å². The van der Waals surface area contributed by atoms with Crippen LogP contribution < -0.4 is 10.2 Å². The number of carbonyl (C=O) groups excluding carboxylic acids is 1. The van der Waals surface area contributed by atoms with E-state index in [-0.39, 0.29) is 5.91 Å². The molecule has 0 saturated heterocycles. The van der Waals surface area contributed by atoms with E-state index in [1.165, 1.54) is 32.1 Å². The maximum atomic E-state index is 12.3. The van der Waals surface area contributed by atoms with E-state index in [9.17, 15) is 4.79 Å². The van der Waals surface area contributed by atoms with E-state index >= 15 is 0 Å². The summed E-state index contributed by atoms with van der Waals surface area (Å²) >= 11 is 0. The third kappa shape index (κ3) is 4.43. The highest BCUT2D eigenvalue weighted by molar-refractivity contribution is 5.91. The molecule has 1 N–H and O–H groups in total. The molecular formula is C20H27N3O3. The number of pyridine rings is 1. The summed E-state index contributed by atoms with van der Waals surface area (Å²) in [7, 11) is 3.70. The number of furan rings is 1.